The van der Waals surface area contributed by atoms with Crippen molar-refractivity contribution >= 4 is 17.6 Å². The molecule has 0 amide bonds. The maximum Gasteiger partial charge on any atom is 0.339 e. The molecule has 2 rings (SSSR count). The molecule has 98 valence electrons. The molecule has 0 heterocycles. The van der Waals surface area contributed by atoms with E-state index in [1.807, 2.05) is 0 Å². The number of benzene rings is 2. The molecule has 5 heteroatoms. The van der Waals surface area contributed by atoms with Crippen molar-refractivity contribution in [3.63, 3.8) is 0 Å². The van der Waals surface area contributed by atoms with Gasteiger partial charge in [0.25, 0.3) is 0 Å². The van der Waals surface area contributed by atoms with Crippen LogP contribution >= 0.6 is 11.6 Å². The topological polar surface area (TPSA) is 66.8 Å². The van der Waals surface area contributed by atoms with Crippen LogP contribution in [0.4, 0.5) is 0 Å². The summed E-state index contributed by atoms with van der Waals surface area (Å²) < 4.78 is 5.05. The summed E-state index contributed by atoms with van der Waals surface area (Å²) in [5.74, 6) is -0.740. The van der Waals surface area contributed by atoms with Crippen LogP contribution in [0.5, 0.6) is 11.5 Å². The highest BCUT2D eigenvalue weighted by Gasteiger charge is 2.13. The number of ether oxygens (including phenoxy) is 1. The van der Waals surface area contributed by atoms with Gasteiger partial charge >= 0.3 is 5.97 Å². The minimum absolute atomic E-state index is 0.0718. The SMILES string of the molecule is COc1cc(-c2cc(O)ccc2Cl)ccc1C(=O)O. The van der Waals surface area contributed by atoms with E-state index >= 15 is 0 Å². The van der Waals surface area contributed by atoms with Gasteiger partial charge in [0.05, 0.1) is 7.11 Å². The zero-order chi connectivity index (χ0) is 14.0. The molecular formula is C14H11ClO4. The summed E-state index contributed by atoms with van der Waals surface area (Å²) in [7, 11) is 1.40. The molecule has 4 nitrogen and oxygen atoms in total. The number of phenolic OH excluding ortho intramolecular Hbond substituents is 1. The van der Waals surface area contributed by atoms with Gasteiger partial charge in [-0.25, -0.2) is 4.79 Å². The summed E-state index contributed by atoms with van der Waals surface area (Å²) in [6.45, 7) is 0. The lowest BCUT2D eigenvalue weighted by atomic mass is 10.0. The fourth-order valence-corrected chi connectivity index (χ4v) is 2.00. The molecule has 0 atom stereocenters. The lowest BCUT2D eigenvalue weighted by Gasteiger charge is -2.09. The fourth-order valence-electron chi connectivity index (χ4n) is 1.77. The Morgan fingerprint density at radius 3 is 2.58 bits per heavy atom. The van der Waals surface area contributed by atoms with E-state index in [1.54, 1.807) is 18.2 Å². The Morgan fingerprint density at radius 1 is 1.21 bits per heavy atom. The number of methoxy groups -OCH3 is 1. The first kappa shape index (κ1) is 13.2. The smallest absolute Gasteiger partial charge is 0.339 e. The van der Waals surface area contributed by atoms with E-state index in [2.05, 4.69) is 0 Å². The lowest BCUT2D eigenvalue weighted by molar-refractivity contribution is 0.0693. The third-order valence-electron chi connectivity index (χ3n) is 2.69. The fraction of sp³-hybridized carbons (Fsp3) is 0.0714. The van der Waals surface area contributed by atoms with Crippen LogP contribution in [-0.2, 0) is 0 Å². The van der Waals surface area contributed by atoms with Crippen LogP contribution in [0.1, 0.15) is 10.4 Å². The van der Waals surface area contributed by atoms with Crippen molar-refractivity contribution in [3.05, 3.63) is 47.0 Å². The quantitative estimate of drug-likeness (QED) is 0.903. The van der Waals surface area contributed by atoms with Crippen LogP contribution in [0.3, 0.4) is 0 Å². The maximum atomic E-state index is 11.0. The van der Waals surface area contributed by atoms with Gasteiger partial charge in [-0.3, -0.25) is 0 Å². The van der Waals surface area contributed by atoms with Crippen LogP contribution in [0.25, 0.3) is 11.1 Å². The first-order valence-corrected chi connectivity index (χ1v) is 5.81. The third-order valence-corrected chi connectivity index (χ3v) is 3.02. The molecule has 2 aromatic rings. The molecular weight excluding hydrogens is 268 g/mol. The Morgan fingerprint density at radius 2 is 1.95 bits per heavy atom. The van der Waals surface area contributed by atoms with Crippen LogP contribution in [0.15, 0.2) is 36.4 Å². The highest BCUT2D eigenvalue weighted by molar-refractivity contribution is 6.33. The average molecular weight is 279 g/mol. The Labute approximate surface area is 114 Å². The number of halogens is 1. The molecule has 0 bridgehead atoms. The molecule has 0 radical (unpaired) electrons. The van der Waals surface area contributed by atoms with E-state index < -0.39 is 5.97 Å². The minimum Gasteiger partial charge on any atom is -0.508 e. The number of aromatic hydroxyl groups is 1. The van der Waals surface area contributed by atoms with E-state index in [0.717, 1.165) is 0 Å². The summed E-state index contributed by atoms with van der Waals surface area (Å²) in [4.78, 5) is 11.0. The maximum absolute atomic E-state index is 11.0. The molecule has 0 aromatic heterocycles. The molecule has 0 unspecified atom stereocenters. The average Bonchev–Trinajstić information content (AvgIpc) is 2.40. The molecule has 0 aliphatic heterocycles. The van der Waals surface area contributed by atoms with E-state index in [-0.39, 0.29) is 17.1 Å². The summed E-state index contributed by atoms with van der Waals surface area (Å²) in [5.41, 5.74) is 1.35. The monoisotopic (exact) mass is 278 g/mol. The summed E-state index contributed by atoms with van der Waals surface area (Å²) in [6.07, 6.45) is 0. The zero-order valence-corrected chi connectivity index (χ0v) is 10.8. The van der Waals surface area contributed by atoms with Gasteiger partial charge in [-0.15, -0.1) is 0 Å². The number of carboxylic acids is 1. The molecule has 0 saturated heterocycles. The first-order valence-electron chi connectivity index (χ1n) is 5.43. The third kappa shape index (κ3) is 2.63. The second-order valence-corrected chi connectivity index (χ2v) is 4.29. The van der Waals surface area contributed by atoms with Crippen molar-refractivity contribution in [2.45, 2.75) is 0 Å². The zero-order valence-electron chi connectivity index (χ0n) is 10.1. The van der Waals surface area contributed by atoms with Crippen LogP contribution in [-0.4, -0.2) is 23.3 Å². The Balaban J connectivity index is 2.57. The summed E-state index contributed by atoms with van der Waals surface area (Å²) in [5, 5.41) is 19.0. The predicted molar refractivity (Wildman–Crippen MR) is 72.1 cm³/mol. The van der Waals surface area contributed by atoms with Crippen LogP contribution < -0.4 is 4.74 Å². The number of phenols is 1. The largest absolute Gasteiger partial charge is 0.508 e. The van der Waals surface area contributed by atoms with E-state index in [0.29, 0.717) is 16.1 Å². The molecule has 0 spiro atoms. The second kappa shape index (κ2) is 5.20. The molecule has 0 saturated carbocycles. The highest BCUT2D eigenvalue weighted by Crippen LogP contribution is 2.34. The normalized spacial score (nSPS) is 10.2. The van der Waals surface area contributed by atoms with Gasteiger partial charge in [-0.1, -0.05) is 17.7 Å². The molecule has 2 aromatic carbocycles. The van der Waals surface area contributed by atoms with E-state index in [1.165, 1.54) is 25.3 Å². The van der Waals surface area contributed by atoms with Crippen molar-refractivity contribution < 1.29 is 19.7 Å². The number of carboxylic acid groups (broad SMARTS) is 1. The van der Waals surface area contributed by atoms with Crippen molar-refractivity contribution in [2.24, 2.45) is 0 Å². The second-order valence-electron chi connectivity index (χ2n) is 3.88. The van der Waals surface area contributed by atoms with Crippen molar-refractivity contribution in [1.82, 2.24) is 0 Å². The summed E-state index contributed by atoms with van der Waals surface area (Å²) >= 11 is 6.06. The van der Waals surface area contributed by atoms with Crippen molar-refractivity contribution in [1.29, 1.82) is 0 Å². The van der Waals surface area contributed by atoms with Gasteiger partial charge in [0.15, 0.2) is 0 Å². The Hall–Kier alpha value is -2.20. The van der Waals surface area contributed by atoms with Gasteiger partial charge in [0, 0.05) is 10.6 Å². The number of rotatable bonds is 3. The number of carbonyl (C=O) groups is 1. The molecule has 0 aliphatic carbocycles. The number of aromatic carboxylic acids is 1. The number of hydrogen-bond acceptors (Lipinski definition) is 3. The van der Waals surface area contributed by atoms with Crippen LogP contribution in [0, 0.1) is 0 Å². The first-order chi connectivity index (χ1) is 9.02. The highest BCUT2D eigenvalue weighted by atomic mass is 35.5. The molecule has 19 heavy (non-hydrogen) atoms. The Bertz CT molecular complexity index is 637. The molecule has 0 aliphatic rings. The summed E-state index contributed by atoms with van der Waals surface area (Å²) in [6, 6.07) is 9.20. The predicted octanol–water partition coefficient (Wildman–Crippen LogP) is 3.42. The minimum atomic E-state index is -1.06. The van der Waals surface area contributed by atoms with Crippen molar-refractivity contribution in [3.8, 4) is 22.6 Å². The van der Waals surface area contributed by atoms with Crippen LogP contribution in [0.2, 0.25) is 5.02 Å². The van der Waals surface area contributed by atoms with E-state index in [4.69, 9.17) is 21.4 Å². The van der Waals surface area contributed by atoms with Gasteiger partial charge in [0.2, 0.25) is 0 Å². The number of hydrogen-bond donors (Lipinski definition) is 2. The molecule has 0 fully saturated rings. The van der Waals surface area contributed by atoms with Gasteiger partial charge < -0.3 is 14.9 Å². The standard InChI is InChI=1S/C14H11ClO4/c1-19-13-6-8(2-4-10(13)14(17)18)11-7-9(16)3-5-12(11)15/h2-7,16H,1H3,(H,17,18). The van der Waals surface area contributed by atoms with Gasteiger partial charge in [-0.05, 0) is 35.9 Å². The molecule has 2 N–H and O–H groups in total. The Kier molecular flexibility index (Phi) is 3.62. The van der Waals surface area contributed by atoms with Crippen molar-refractivity contribution in [2.75, 3.05) is 7.11 Å². The van der Waals surface area contributed by atoms with Gasteiger partial charge in [0.1, 0.15) is 17.1 Å². The van der Waals surface area contributed by atoms with Gasteiger partial charge in [-0.2, -0.15) is 0 Å². The van der Waals surface area contributed by atoms with E-state index in [9.17, 15) is 9.90 Å². The lowest BCUT2D eigenvalue weighted by Crippen LogP contribution is -2.00.